The van der Waals surface area contributed by atoms with E-state index in [9.17, 15) is 22.7 Å². The van der Waals surface area contributed by atoms with Crippen molar-refractivity contribution < 1.29 is 22.7 Å². The molecule has 3 aromatic carbocycles. The summed E-state index contributed by atoms with van der Waals surface area (Å²) in [5, 5.41) is 9.36. The molecule has 0 fully saturated rings. The Morgan fingerprint density at radius 3 is 2.47 bits per heavy atom. The van der Waals surface area contributed by atoms with Crippen LogP contribution in [0.2, 0.25) is 5.02 Å². The highest BCUT2D eigenvalue weighted by Gasteiger charge is 2.22. The Hall–Kier alpha value is -3.20. The number of halogens is 2. The molecule has 0 saturated heterocycles. The normalized spacial score (nSPS) is 11.3. The average Bonchev–Trinajstić information content (AvgIpc) is 3.27. The Kier molecular flexibility index (Phi) is 6.01. The van der Waals surface area contributed by atoms with Crippen molar-refractivity contribution in [2.24, 2.45) is 0 Å². The molecule has 0 unspecified atom stereocenters. The van der Waals surface area contributed by atoms with Crippen LogP contribution in [0.25, 0.3) is 10.4 Å². The van der Waals surface area contributed by atoms with Gasteiger partial charge in [-0.1, -0.05) is 41.9 Å². The molecule has 0 saturated carbocycles. The van der Waals surface area contributed by atoms with Gasteiger partial charge in [0.25, 0.3) is 10.0 Å². The van der Waals surface area contributed by atoms with E-state index in [4.69, 9.17) is 11.6 Å². The standard InChI is InChI=1S/C23H15ClFNO4S2/c24-22-18(27)10-9-17(25)21(22)23(28)20-12-11-19(31-20)14-5-4-6-15(13-14)26-32(29,30)16-7-2-1-3-8-16/h1-13,26-27H. The molecule has 1 heterocycles. The van der Waals surface area contributed by atoms with Crippen LogP contribution >= 0.6 is 22.9 Å². The van der Waals surface area contributed by atoms with Gasteiger partial charge in [0.05, 0.1) is 20.4 Å². The molecule has 5 nitrogen and oxygen atoms in total. The third kappa shape index (κ3) is 4.38. The van der Waals surface area contributed by atoms with Crippen LogP contribution in [0.4, 0.5) is 10.1 Å². The number of benzene rings is 3. The van der Waals surface area contributed by atoms with E-state index in [0.717, 1.165) is 23.5 Å². The van der Waals surface area contributed by atoms with Crippen LogP contribution in [0, 0.1) is 5.82 Å². The minimum absolute atomic E-state index is 0.138. The SMILES string of the molecule is O=C(c1ccc(-c2cccc(NS(=O)(=O)c3ccccc3)c2)s1)c1c(F)ccc(O)c1Cl. The topological polar surface area (TPSA) is 83.5 Å². The number of carbonyl (C=O) groups is 1. The molecule has 2 N–H and O–H groups in total. The first-order valence-electron chi connectivity index (χ1n) is 9.26. The van der Waals surface area contributed by atoms with Crippen LogP contribution in [0.1, 0.15) is 15.2 Å². The number of anilines is 1. The van der Waals surface area contributed by atoms with Gasteiger partial charge in [-0.25, -0.2) is 12.8 Å². The molecular formula is C23H15ClFNO4S2. The number of nitrogens with one attached hydrogen (secondary N) is 1. The fourth-order valence-electron chi connectivity index (χ4n) is 3.04. The predicted molar refractivity (Wildman–Crippen MR) is 124 cm³/mol. The molecule has 0 aliphatic heterocycles. The van der Waals surface area contributed by atoms with Gasteiger partial charge < -0.3 is 5.11 Å². The third-order valence-electron chi connectivity index (χ3n) is 4.58. The summed E-state index contributed by atoms with van der Waals surface area (Å²) in [5.41, 5.74) is 0.629. The van der Waals surface area contributed by atoms with Gasteiger partial charge in [0.1, 0.15) is 11.6 Å². The number of phenolic OH excluding ortho intramolecular Hbond substituents is 1. The molecule has 0 atom stereocenters. The number of sulfonamides is 1. The van der Waals surface area contributed by atoms with E-state index in [1.54, 1.807) is 48.5 Å². The maximum atomic E-state index is 14.2. The number of phenols is 1. The van der Waals surface area contributed by atoms with E-state index in [2.05, 4.69) is 4.72 Å². The molecule has 4 aromatic rings. The van der Waals surface area contributed by atoms with Crippen LogP contribution in [-0.2, 0) is 10.0 Å². The lowest BCUT2D eigenvalue weighted by atomic mass is 10.1. The number of ketones is 1. The van der Waals surface area contributed by atoms with Crippen molar-refractivity contribution in [3.05, 3.63) is 100 Å². The van der Waals surface area contributed by atoms with Crippen molar-refractivity contribution in [3.8, 4) is 16.2 Å². The van der Waals surface area contributed by atoms with E-state index < -0.39 is 27.2 Å². The lowest BCUT2D eigenvalue weighted by Gasteiger charge is -2.09. The van der Waals surface area contributed by atoms with E-state index in [0.29, 0.717) is 16.1 Å². The van der Waals surface area contributed by atoms with E-state index in [1.807, 2.05) is 0 Å². The summed E-state index contributed by atoms with van der Waals surface area (Å²) in [7, 11) is -3.75. The number of hydrogen-bond donors (Lipinski definition) is 2. The number of rotatable bonds is 6. The van der Waals surface area contributed by atoms with Gasteiger partial charge in [0.2, 0.25) is 5.78 Å². The zero-order chi connectivity index (χ0) is 22.9. The molecule has 0 bridgehead atoms. The summed E-state index contributed by atoms with van der Waals surface area (Å²) in [5.74, 6) is -1.86. The Balaban J connectivity index is 1.62. The Bertz CT molecular complexity index is 1420. The molecule has 0 radical (unpaired) electrons. The lowest BCUT2D eigenvalue weighted by Crippen LogP contribution is -2.12. The quantitative estimate of drug-likeness (QED) is 0.329. The van der Waals surface area contributed by atoms with Gasteiger partial charge in [-0.2, -0.15) is 0 Å². The Morgan fingerprint density at radius 1 is 0.969 bits per heavy atom. The summed E-state index contributed by atoms with van der Waals surface area (Å²) in [4.78, 5) is 13.8. The van der Waals surface area contributed by atoms with Crippen LogP contribution in [-0.4, -0.2) is 19.3 Å². The molecule has 162 valence electrons. The highest BCUT2D eigenvalue weighted by atomic mass is 35.5. The van der Waals surface area contributed by atoms with Crippen LogP contribution in [0.3, 0.4) is 0 Å². The highest BCUT2D eigenvalue weighted by molar-refractivity contribution is 7.92. The average molecular weight is 488 g/mol. The van der Waals surface area contributed by atoms with Crippen molar-refractivity contribution in [1.29, 1.82) is 0 Å². The molecule has 32 heavy (non-hydrogen) atoms. The Morgan fingerprint density at radius 2 is 1.72 bits per heavy atom. The first-order chi connectivity index (χ1) is 15.3. The monoisotopic (exact) mass is 487 g/mol. The van der Waals surface area contributed by atoms with E-state index >= 15 is 0 Å². The molecule has 4 rings (SSSR count). The number of aromatic hydroxyl groups is 1. The summed E-state index contributed by atoms with van der Waals surface area (Å²) in [6.07, 6.45) is 0. The van der Waals surface area contributed by atoms with Crippen molar-refractivity contribution >= 4 is 44.4 Å². The smallest absolute Gasteiger partial charge is 0.261 e. The summed E-state index contributed by atoms with van der Waals surface area (Å²) in [6.45, 7) is 0. The van der Waals surface area contributed by atoms with Crippen molar-refractivity contribution in [1.82, 2.24) is 0 Å². The van der Waals surface area contributed by atoms with Crippen molar-refractivity contribution in [2.75, 3.05) is 4.72 Å². The maximum absolute atomic E-state index is 14.2. The molecule has 1 aromatic heterocycles. The van der Waals surface area contributed by atoms with Crippen LogP contribution in [0.5, 0.6) is 5.75 Å². The largest absolute Gasteiger partial charge is 0.506 e. The third-order valence-corrected chi connectivity index (χ3v) is 7.49. The van der Waals surface area contributed by atoms with Crippen LogP contribution in [0.15, 0.2) is 83.8 Å². The lowest BCUT2D eigenvalue weighted by molar-refractivity contribution is 0.103. The van der Waals surface area contributed by atoms with Gasteiger partial charge in [0.15, 0.2) is 0 Å². The molecule has 9 heteroatoms. The first kappa shape index (κ1) is 22.0. The van der Waals surface area contributed by atoms with Gasteiger partial charge in [-0.15, -0.1) is 11.3 Å². The van der Waals surface area contributed by atoms with Gasteiger partial charge in [0, 0.05) is 10.6 Å². The van der Waals surface area contributed by atoms with Gasteiger partial charge in [-0.3, -0.25) is 9.52 Å². The molecule has 0 amide bonds. The fourth-order valence-corrected chi connectivity index (χ4v) is 5.30. The maximum Gasteiger partial charge on any atom is 0.261 e. The van der Waals surface area contributed by atoms with Crippen LogP contribution < -0.4 is 4.72 Å². The second kappa shape index (κ2) is 8.74. The van der Waals surface area contributed by atoms with Crippen molar-refractivity contribution in [3.63, 3.8) is 0 Å². The van der Waals surface area contributed by atoms with Gasteiger partial charge in [-0.05, 0) is 54.1 Å². The minimum Gasteiger partial charge on any atom is -0.506 e. The van der Waals surface area contributed by atoms with Gasteiger partial charge >= 0.3 is 0 Å². The summed E-state index contributed by atoms with van der Waals surface area (Å²) in [6, 6.07) is 20.0. The summed E-state index contributed by atoms with van der Waals surface area (Å²) >= 11 is 7.03. The summed E-state index contributed by atoms with van der Waals surface area (Å²) < 4.78 is 41.8. The second-order valence-corrected chi connectivity index (χ2v) is 9.89. The first-order valence-corrected chi connectivity index (χ1v) is 11.9. The van der Waals surface area contributed by atoms with E-state index in [1.165, 1.54) is 18.2 Å². The minimum atomic E-state index is -3.75. The predicted octanol–water partition coefficient (Wildman–Crippen LogP) is 5.95. The fraction of sp³-hybridized carbons (Fsp3) is 0. The molecule has 0 spiro atoms. The number of thiophene rings is 1. The molecule has 0 aliphatic rings. The highest BCUT2D eigenvalue weighted by Crippen LogP contribution is 2.35. The zero-order valence-corrected chi connectivity index (χ0v) is 18.6. The molecule has 0 aliphatic carbocycles. The zero-order valence-electron chi connectivity index (χ0n) is 16.2. The molecular weight excluding hydrogens is 473 g/mol. The number of carbonyl (C=O) groups excluding carboxylic acids is 1. The second-order valence-electron chi connectivity index (χ2n) is 6.75. The van der Waals surface area contributed by atoms with E-state index in [-0.39, 0.29) is 20.5 Å². The van der Waals surface area contributed by atoms with Crippen molar-refractivity contribution in [2.45, 2.75) is 4.90 Å². The Labute approximate surface area is 192 Å². The number of hydrogen-bond acceptors (Lipinski definition) is 5.